The molecule has 0 aromatic carbocycles. The first-order valence-corrected chi connectivity index (χ1v) is 6.91. The highest BCUT2D eigenvalue weighted by Crippen LogP contribution is 2.40. The highest BCUT2D eigenvalue weighted by atomic mass is 32.2. The summed E-state index contributed by atoms with van der Waals surface area (Å²) in [7, 11) is 1.37. The molecule has 0 spiro atoms. The second-order valence-electron chi connectivity index (χ2n) is 4.23. The molecule has 2 amide bonds. The molecule has 1 fully saturated rings. The van der Waals surface area contributed by atoms with Gasteiger partial charge in [0.05, 0.1) is 12.9 Å². The molecule has 1 saturated heterocycles. The summed E-state index contributed by atoms with van der Waals surface area (Å²) in [6.45, 7) is 3.45. The van der Waals surface area contributed by atoms with Crippen molar-refractivity contribution >= 4 is 29.5 Å². The summed E-state index contributed by atoms with van der Waals surface area (Å²) in [5, 5.41) is 11.4. The average molecular weight is 298 g/mol. The van der Waals surface area contributed by atoms with Crippen LogP contribution in [0.1, 0.15) is 6.42 Å². The Kier molecular flexibility index (Phi) is 4.03. The summed E-state index contributed by atoms with van der Waals surface area (Å²) >= 11 is 1.36. The van der Waals surface area contributed by atoms with Crippen molar-refractivity contribution in [3.8, 4) is 0 Å². The minimum atomic E-state index is -1.21. The van der Waals surface area contributed by atoms with Gasteiger partial charge in [-0.05, 0) is 0 Å². The summed E-state index contributed by atoms with van der Waals surface area (Å²) in [6.07, 6.45) is 1.56. The fourth-order valence-corrected chi connectivity index (χ4v) is 3.42. The lowest BCUT2D eigenvalue weighted by Gasteiger charge is -2.48. The van der Waals surface area contributed by atoms with E-state index in [-0.39, 0.29) is 23.8 Å². The molecule has 2 heterocycles. The Hall–Kier alpha value is -1.96. The Morgan fingerprint density at radius 2 is 2.35 bits per heavy atom. The normalized spacial score (nSPS) is 24.6. The van der Waals surface area contributed by atoms with Gasteiger partial charge in [0.2, 0.25) is 5.91 Å². The van der Waals surface area contributed by atoms with E-state index in [1.54, 1.807) is 0 Å². The van der Waals surface area contributed by atoms with Gasteiger partial charge >= 0.3 is 5.97 Å². The molecule has 7 nitrogen and oxygen atoms in total. The number of carboxylic acids is 1. The maximum Gasteiger partial charge on any atom is 0.356 e. The fraction of sp³-hybridized carbons (Fsp3) is 0.417. The van der Waals surface area contributed by atoms with Crippen LogP contribution in [0.4, 0.5) is 0 Å². The third-order valence-electron chi connectivity index (χ3n) is 3.03. The number of rotatable bonds is 5. The summed E-state index contributed by atoms with van der Waals surface area (Å²) in [6, 6.07) is -0.694. The monoisotopic (exact) mass is 298 g/mol. The Balaban J connectivity index is 2.16. The number of amides is 2. The molecule has 0 radical (unpaired) electrons. The first kappa shape index (κ1) is 14.4. The molecule has 0 unspecified atom stereocenters. The minimum Gasteiger partial charge on any atom is -0.498 e. The highest BCUT2D eigenvalue weighted by molar-refractivity contribution is 8.00. The first-order valence-electron chi connectivity index (χ1n) is 5.86. The number of aliphatic carboxylic acids is 1. The Labute approximate surface area is 119 Å². The molecule has 0 aromatic rings. The molecule has 20 heavy (non-hydrogen) atoms. The lowest BCUT2D eigenvalue weighted by atomic mass is 10.0. The second-order valence-corrected chi connectivity index (χ2v) is 5.33. The summed E-state index contributed by atoms with van der Waals surface area (Å²) in [4.78, 5) is 35.9. The van der Waals surface area contributed by atoms with Gasteiger partial charge in [-0.25, -0.2) is 4.79 Å². The number of hydrogen-bond donors (Lipinski definition) is 2. The van der Waals surface area contributed by atoms with Crippen LogP contribution in [0, 0.1) is 0 Å². The molecular weight excluding hydrogens is 284 g/mol. The summed E-state index contributed by atoms with van der Waals surface area (Å²) < 4.78 is 5.00. The molecular formula is C12H14N2O5S. The third kappa shape index (κ3) is 2.26. The molecule has 2 atom stereocenters. The molecule has 2 rings (SSSR count). The van der Waals surface area contributed by atoms with Gasteiger partial charge in [0.25, 0.3) is 5.91 Å². The number of hydrogen-bond acceptors (Lipinski definition) is 5. The van der Waals surface area contributed by atoms with Gasteiger partial charge in [0, 0.05) is 6.42 Å². The number of fused-ring (bicyclic) bond motifs is 1. The highest BCUT2D eigenvalue weighted by Gasteiger charge is 2.54. The van der Waals surface area contributed by atoms with Crippen LogP contribution in [-0.4, -0.2) is 52.1 Å². The smallest absolute Gasteiger partial charge is 0.356 e. The number of nitrogens with zero attached hydrogens (tertiary/aromatic N) is 1. The molecule has 2 aliphatic rings. The summed E-state index contributed by atoms with van der Waals surface area (Å²) in [5.41, 5.74) is -0.143. The minimum absolute atomic E-state index is 0.117. The topological polar surface area (TPSA) is 95.9 Å². The predicted molar refractivity (Wildman–Crippen MR) is 71.5 cm³/mol. The van der Waals surface area contributed by atoms with E-state index >= 15 is 0 Å². The van der Waals surface area contributed by atoms with Crippen LogP contribution in [0.3, 0.4) is 0 Å². The molecule has 0 bridgehead atoms. The zero-order chi connectivity index (χ0) is 14.9. The van der Waals surface area contributed by atoms with Gasteiger partial charge in [0.1, 0.15) is 17.2 Å². The van der Waals surface area contributed by atoms with E-state index in [4.69, 9.17) is 4.74 Å². The van der Waals surface area contributed by atoms with Crippen molar-refractivity contribution < 1.29 is 24.2 Å². The number of carboxylic acid groups (broad SMARTS) is 1. The van der Waals surface area contributed by atoms with Crippen molar-refractivity contribution in [2.45, 2.75) is 17.8 Å². The number of methoxy groups -OCH3 is 1. The SMILES string of the molecule is C=CCC(=O)N[C@@H]1C(=O)N2C(C(=O)O)=C(OC)CS[C@H]12. The van der Waals surface area contributed by atoms with E-state index in [0.717, 1.165) is 4.90 Å². The van der Waals surface area contributed by atoms with Gasteiger partial charge < -0.3 is 15.2 Å². The molecule has 8 heteroatoms. The Morgan fingerprint density at radius 1 is 1.65 bits per heavy atom. The second kappa shape index (κ2) is 5.58. The van der Waals surface area contributed by atoms with Crippen molar-refractivity contribution in [2.75, 3.05) is 12.9 Å². The third-order valence-corrected chi connectivity index (χ3v) is 4.28. The average Bonchev–Trinajstić information content (AvgIpc) is 2.43. The Bertz CT molecular complexity index is 516. The largest absolute Gasteiger partial charge is 0.498 e. The van der Waals surface area contributed by atoms with E-state index in [1.165, 1.54) is 24.9 Å². The van der Waals surface area contributed by atoms with Crippen LogP contribution >= 0.6 is 11.8 Å². The molecule has 2 aliphatic heterocycles. The predicted octanol–water partition coefficient (Wildman–Crippen LogP) is -0.0950. The van der Waals surface area contributed by atoms with Crippen molar-refractivity contribution in [2.24, 2.45) is 0 Å². The number of β-lactam (4-membered cyclic amide) rings is 1. The van der Waals surface area contributed by atoms with E-state index in [9.17, 15) is 19.5 Å². The lowest BCUT2D eigenvalue weighted by molar-refractivity contribution is -0.151. The van der Waals surface area contributed by atoms with Crippen molar-refractivity contribution in [1.82, 2.24) is 10.2 Å². The fourth-order valence-electron chi connectivity index (χ4n) is 2.11. The van der Waals surface area contributed by atoms with Crippen LogP contribution in [0.15, 0.2) is 24.1 Å². The molecule has 108 valence electrons. The first-order chi connectivity index (χ1) is 9.51. The van der Waals surface area contributed by atoms with Gasteiger partial charge in [0.15, 0.2) is 5.70 Å². The van der Waals surface area contributed by atoms with Crippen LogP contribution in [-0.2, 0) is 19.1 Å². The van der Waals surface area contributed by atoms with Crippen LogP contribution < -0.4 is 5.32 Å². The zero-order valence-corrected chi connectivity index (χ0v) is 11.6. The molecule has 0 saturated carbocycles. The quantitative estimate of drug-likeness (QED) is 0.544. The van der Waals surface area contributed by atoms with Gasteiger partial charge in [-0.15, -0.1) is 18.3 Å². The summed E-state index contributed by atoms with van der Waals surface area (Å²) in [5.74, 6) is -1.36. The van der Waals surface area contributed by atoms with Crippen molar-refractivity contribution in [3.63, 3.8) is 0 Å². The van der Waals surface area contributed by atoms with E-state index in [2.05, 4.69) is 11.9 Å². The van der Waals surface area contributed by atoms with Crippen LogP contribution in [0.25, 0.3) is 0 Å². The van der Waals surface area contributed by atoms with Crippen LogP contribution in [0.5, 0.6) is 0 Å². The number of thioether (sulfide) groups is 1. The molecule has 2 N–H and O–H groups in total. The van der Waals surface area contributed by atoms with Gasteiger partial charge in [-0.2, -0.15) is 0 Å². The van der Waals surface area contributed by atoms with Crippen molar-refractivity contribution in [1.29, 1.82) is 0 Å². The Morgan fingerprint density at radius 3 is 2.90 bits per heavy atom. The molecule has 0 aliphatic carbocycles. The standard InChI is InChI=1S/C12H14N2O5S/c1-3-4-7(15)13-8-10(16)14-9(12(17)18)6(19-2)5-20-11(8)14/h3,8,11H,1,4-5H2,2H3,(H,13,15)(H,17,18)/t8-,11-/m1/s1. The number of nitrogens with one attached hydrogen (secondary N) is 1. The van der Waals surface area contributed by atoms with Gasteiger partial charge in [-0.3, -0.25) is 14.5 Å². The van der Waals surface area contributed by atoms with E-state index in [0.29, 0.717) is 5.75 Å². The molecule has 0 aromatic heterocycles. The number of ether oxygens (including phenoxy) is 1. The lowest BCUT2D eigenvalue weighted by Crippen LogP contribution is -2.70. The number of carbonyl (C=O) groups is 3. The van der Waals surface area contributed by atoms with Crippen molar-refractivity contribution in [3.05, 3.63) is 24.1 Å². The zero-order valence-electron chi connectivity index (χ0n) is 10.8. The number of carbonyl (C=O) groups excluding carboxylic acids is 2. The van der Waals surface area contributed by atoms with Crippen LogP contribution in [0.2, 0.25) is 0 Å². The maximum absolute atomic E-state index is 12.0. The maximum atomic E-state index is 12.0. The van der Waals surface area contributed by atoms with Gasteiger partial charge in [-0.1, -0.05) is 6.08 Å². The van der Waals surface area contributed by atoms with E-state index < -0.39 is 23.3 Å². The van der Waals surface area contributed by atoms with E-state index in [1.807, 2.05) is 0 Å².